The summed E-state index contributed by atoms with van der Waals surface area (Å²) in [5.41, 5.74) is 2.05. The minimum atomic E-state index is -0.704. The van der Waals surface area contributed by atoms with Gasteiger partial charge in [-0.3, -0.25) is 10.1 Å². The molecule has 0 spiro atoms. The smallest absolute Gasteiger partial charge is 0.349 e. The van der Waals surface area contributed by atoms with Crippen LogP contribution in [-0.4, -0.2) is 10.9 Å². The third kappa shape index (κ3) is 4.45. The Kier molecular flexibility index (Phi) is 5.70. The molecule has 4 rings (SSSR count). The topological polar surface area (TPSA) is 72.2 Å². The van der Waals surface area contributed by atoms with E-state index in [1.54, 1.807) is 24.4 Å². The van der Waals surface area contributed by atoms with Crippen LogP contribution in [0.5, 0.6) is 0 Å². The molecule has 5 nitrogen and oxygen atoms in total. The van der Waals surface area contributed by atoms with Crippen LogP contribution in [0.25, 0.3) is 11.0 Å². The Bertz CT molecular complexity index is 1280. The highest BCUT2D eigenvalue weighted by Crippen LogP contribution is 2.24. The Hall–Kier alpha value is -2.96. The summed E-state index contributed by atoms with van der Waals surface area (Å²) in [6.07, 6.45) is 2.46. The normalized spacial score (nSPS) is 11.2. The highest BCUT2D eigenvalue weighted by molar-refractivity contribution is 7.15. The molecule has 30 heavy (non-hydrogen) atoms. The minimum absolute atomic E-state index is 0.0919. The van der Waals surface area contributed by atoms with Crippen molar-refractivity contribution in [3.63, 3.8) is 0 Å². The van der Waals surface area contributed by atoms with Gasteiger partial charge in [0.2, 0.25) is 0 Å². The monoisotopic (exact) mass is 438 g/mol. The minimum Gasteiger partial charge on any atom is -0.422 e. The van der Waals surface area contributed by atoms with E-state index in [9.17, 15) is 9.59 Å². The van der Waals surface area contributed by atoms with E-state index in [4.69, 9.17) is 16.0 Å². The Balaban J connectivity index is 1.49. The van der Waals surface area contributed by atoms with Crippen molar-refractivity contribution in [2.45, 2.75) is 26.2 Å². The van der Waals surface area contributed by atoms with Crippen molar-refractivity contribution in [3.8, 4) is 0 Å². The van der Waals surface area contributed by atoms with Gasteiger partial charge in [-0.25, -0.2) is 9.78 Å². The molecule has 0 fully saturated rings. The zero-order chi connectivity index (χ0) is 21.3. The molecule has 2 aromatic heterocycles. The number of benzene rings is 2. The third-order valence-corrected chi connectivity index (χ3v) is 5.89. The van der Waals surface area contributed by atoms with E-state index in [2.05, 4.69) is 48.4 Å². The lowest BCUT2D eigenvalue weighted by molar-refractivity contribution is 0.102. The average Bonchev–Trinajstić information content (AvgIpc) is 3.14. The van der Waals surface area contributed by atoms with E-state index < -0.39 is 11.5 Å². The van der Waals surface area contributed by atoms with E-state index >= 15 is 0 Å². The van der Waals surface area contributed by atoms with Gasteiger partial charge in [0.15, 0.2) is 5.13 Å². The molecular weight excluding hydrogens is 420 g/mol. The van der Waals surface area contributed by atoms with Gasteiger partial charge in [-0.2, -0.15) is 0 Å². The summed E-state index contributed by atoms with van der Waals surface area (Å²) in [6.45, 7) is 4.33. The van der Waals surface area contributed by atoms with Crippen LogP contribution in [0.2, 0.25) is 5.02 Å². The van der Waals surface area contributed by atoms with Crippen molar-refractivity contribution in [2.24, 2.45) is 0 Å². The first-order chi connectivity index (χ1) is 14.4. The predicted octanol–water partition coefficient (Wildman–Crippen LogP) is 5.87. The van der Waals surface area contributed by atoms with E-state index in [0.717, 1.165) is 11.3 Å². The lowest BCUT2D eigenvalue weighted by atomic mass is 10.0. The zero-order valence-electron chi connectivity index (χ0n) is 16.4. The Labute approximate surface area is 182 Å². The summed E-state index contributed by atoms with van der Waals surface area (Å²) >= 11 is 7.36. The molecule has 0 aliphatic rings. The van der Waals surface area contributed by atoms with Crippen LogP contribution < -0.4 is 10.9 Å². The van der Waals surface area contributed by atoms with Crippen molar-refractivity contribution in [1.29, 1.82) is 0 Å². The van der Waals surface area contributed by atoms with Gasteiger partial charge in [0.25, 0.3) is 5.91 Å². The van der Waals surface area contributed by atoms with Crippen LogP contribution in [-0.2, 0) is 6.42 Å². The quantitative estimate of drug-likeness (QED) is 0.395. The average molecular weight is 439 g/mol. The summed E-state index contributed by atoms with van der Waals surface area (Å²) in [4.78, 5) is 30.1. The standard InChI is InChI=1S/C23H19ClN2O3S/c1-13(2)15-5-3-14(4-6-15)9-18-12-25-23(30-18)26-21(27)19-11-16-10-17(24)7-8-20(16)29-22(19)28/h3-8,10-13H,9H2,1-2H3,(H,25,26,27). The van der Waals surface area contributed by atoms with E-state index in [1.165, 1.54) is 28.5 Å². The van der Waals surface area contributed by atoms with Gasteiger partial charge in [0, 0.05) is 27.9 Å². The van der Waals surface area contributed by atoms with Gasteiger partial charge < -0.3 is 4.42 Å². The number of rotatable bonds is 5. The maximum Gasteiger partial charge on any atom is 0.349 e. The van der Waals surface area contributed by atoms with E-state index in [1.807, 2.05) is 0 Å². The molecule has 0 unspecified atom stereocenters. The second-order valence-electron chi connectivity index (χ2n) is 7.29. The molecule has 1 N–H and O–H groups in total. The molecule has 152 valence electrons. The van der Waals surface area contributed by atoms with Crippen LogP contribution in [0.15, 0.2) is 63.9 Å². The molecular formula is C23H19ClN2O3S. The largest absolute Gasteiger partial charge is 0.422 e. The fourth-order valence-electron chi connectivity index (χ4n) is 3.09. The fraction of sp³-hybridized carbons (Fsp3) is 0.174. The molecule has 0 aliphatic carbocycles. The SMILES string of the molecule is CC(C)c1ccc(Cc2cnc(NC(=O)c3cc4cc(Cl)ccc4oc3=O)s2)cc1. The fourth-order valence-corrected chi connectivity index (χ4v) is 4.11. The highest BCUT2D eigenvalue weighted by Gasteiger charge is 2.16. The summed E-state index contributed by atoms with van der Waals surface area (Å²) in [6, 6.07) is 14.8. The van der Waals surface area contributed by atoms with E-state index in [-0.39, 0.29) is 5.56 Å². The molecule has 2 heterocycles. The number of hydrogen-bond acceptors (Lipinski definition) is 5. The first-order valence-corrected chi connectivity index (χ1v) is 10.7. The molecule has 4 aromatic rings. The van der Waals surface area contributed by atoms with Crippen LogP contribution >= 0.6 is 22.9 Å². The number of anilines is 1. The first-order valence-electron chi connectivity index (χ1n) is 9.47. The molecule has 0 aliphatic heterocycles. The second-order valence-corrected chi connectivity index (χ2v) is 8.84. The number of carbonyl (C=O) groups excluding carboxylic acids is 1. The molecule has 0 bridgehead atoms. The molecule has 2 aromatic carbocycles. The molecule has 7 heteroatoms. The molecule has 0 radical (unpaired) electrons. The second kappa shape index (κ2) is 8.42. The van der Waals surface area contributed by atoms with Crippen LogP contribution in [0, 0.1) is 0 Å². The van der Waals surface area contributed by atoms with Gasteiger partial charge in [-0.05, 0) is 41.3 Å². The zero-order valence-corrected chi connectivity index (χ0v) is 18.0. The van der Waals surface area contributed by atoms with Gasteiger partial charge in [0.05, 0.1) is 0 Å². The Morgan fingerprint density at radius 1 is 1.17 bits per heavy atom. The van der Waals surface area contributed by atoms with Gasteiger partial charge >= 0.3 is 5.63 Å². The number of carbonyl (C=O) groups is 1. The van der Waals surface area contributed by atoms with Gasteiger partial charge in [-0.15, -0.1) is 11.3 Å². The number of aromatic nitrogens is 1. The first kappa shape index (κ1) is 20.3. The molecule has 0 saturated heterocycles. The van der Waals surface area contributed by atoms with Crippen LogP contribution in [0.1, 0.15) is 46.1 Å². The molecule has 0 saturated carbocycles. The van der Waals surface area contributed by atoms with Crippen LogP contribution in [0.4, 0.5) is 5.13 Å². The van der Waals surface area contributed by atoms with E-state index in [0.29, 0.717) is 27.0 Å². The maximum absolute atomic E-state index is 12.6. The Morgan fingerprint density at radius 3 is 2.67 bits per heavy atom. The van der Waals surface area contributed by atoms with Crippen molar-refractivity contribution >= 4 is 44.9 Å². The van der Waals surface area contributed by atoms with Crippen molar-refractivity contribution < 1.29 is 9.21 Å². The number of halogens is 1. The number of thiazole rings is 1. The number of amides is 1. The summed E-state index contributed by atoms with van der Waals surface area (Å²) in [5, 5.41) is 4.19. The lowest BCUT2D eigenvalue weighted by Crippen LogP contribution is -2.20. The third-order valence-electron chi connectivity index (χ3n) is 4.74. The van der Waals surface area contributed by atoms with Crippen LogP contribution in [0.3, 0.4) is 0 Å². The molecule has 1 amide bonds. The number of nitrogens with one attached hydrogen (secondary N) is 1. The lowest BCUT2D eigenvalue weighted by Gasteiger charge is -2.06. The van der Waals surface area contributed by atoms with Gasteiger partial charge in [0.1, 0.15) is 11.1 Å². The number of nitrogens with zero attached hydrogens (tertiary/aromatic N) is 1. The maximum atomic E-state index is 12.6. The molecule has 0 atom stereocenters. The van der Waals surface area contributed by atoms with Crippen molar-refractivity contribution in [1.82, 2.24) is 4.98 Å². The summed E-state index contributed by atoms with van der Waals surface area (Å²) in [5.74, 6) is -0.0687. The highest BCUT2D eigenvalue weighted by atomic mass is 35.5. The summed E-state index contributed by atoms with van der Waals surface area (Å²) < 4.78 is 5.23. The van der Waals surface area contributed by atoms with Crippen molar-refractivity contribution in [3.05, 3.63) is 91.7 Å². The number of fused-ring (bicyclic) bond motifs is 1. The summed E-state index contributed by atoms with van der Waals surface area (Å²) in [7, 11) is 0. The van der Waals surface area contributed by atoms with Gasteiger partial charge in [-0.1, -0.05) is 49.7 Å². The van der Waals surface area contributed by atoms with Crippen molar-refractivity contribution in [2.75, 3.05) is 5.32 Å². The predicted molar refractivity (Wildman–Crippen MR) is 121 cm³/mol. The Morgan fingerprint density at radius 2 is 1.93 bits per heavy atom. The number of hydrogen-bond donors (Lipinski definition) is 1.